The van der Waals surface area contributed by atoms with Gasteiger partial charge in [0.15, 0.2) is 5.82 Å². The molecule has 0 aliphatic heterocycles. The van der Waals surface area contributed by atoms with E-state index in [9.17, 15) is 4.79 Å². The molecule has 0 atom stereocenters. The molecule has 0 unspecified atom stereocenters. The molecular formula is C23H25N5O2. The van der Waals surface area contributed by atoms with Gasteiger partial charge in [-0.05, 0) is 30.7 Å². The van der Waals surface area contributed by atoms with Crippen LogP contribution in [0.3, 0.4) is 0 Å². The molecule has 0 bridgehead atoms. The molecule has 1 amide bonds. The first-order valence-corrected chi connectivity index (χ1v) is 10.2. The van der Waals surface area contributed by atoms with Crippen LogP contribution in [0.15, 0.2) is 47.0 Å². The van der Waals surface area contributed by atoms with Crippen molar-refractivity contribution in [2.24, 2.45) is 0 Å². The maximum Gasteiger partial charge on any atom is 0.260 e. The molecule has 2 aromatic heterocycles. The minimum Gasteiger partial charge on any atom is -0.334 e. The van der Waals surface area contributed by atoms with Gasteiger partial charge in [0.05, 0.1) is 22.3 Å². The summed E-state index contributed by atoms with van der Waals surface area (Å²) in [7, 11) is 0. The molecule has 4 rings (SSSR count). The first-order valence-electron chi connectivity index (χ1n) is 10.2. The van der Waals surface area contributed by atoms with Gasteiger partial charge < -0.3 is 14.4 Å². The third kappa shape index (κ3) is 3.70. The highest BCUT2D eigenvalue weighted by Crippen LogP contribution is 2.30. The van der Waals surface area contributed by atoms with Gasteiger partial charge in [-0.3, -0.25) is 4.79 Å². The number of aromatic nitrogens is 4. The largest absolute Gasteiger partial charge is 0.334 e. The first-order chi connectivity index (χ1) is 14.5. The minimum atomic E-state index is -0.132. The number of hydrogen-bond acceptors (Lipinski definition) is 5. The highest BCUT2D eigenvalue weighted by molar-refractivity contribution is 5.96. The van der Waals surface area contributed by atoms with Gasteiger partial charge >= 0.3 is 0 Å². The Balaban J connectivity index is 1.64. The Morgan fingerprint density at radius 1 is 1.13 bits per heavy atom. The number of benzene rings is 2. The Morgan fingerprint density at radius 2 is 1.93 bits per heavy atom. The van der Waals surface area contributed by atoms with Gasteiger partial charge in [0.1, 0.15) is 12.4 Å². The smallest absolute Gasteiger partial charge is 0.260 e. The number of imidazole rings is 1. The fraction of sp³-hybridized carbons (Fsp3) is 0.304. The maximum absolute atomic E-state index is 13.0. The molecule has 0 aliphatic carbocycles. The van der Waals surface area contributed by atoms with Crippen molar-refractivity contribution in [3.63, 3.8) is 0 Å². The fourth-order valence-corrected chi connectivity index (χ4v) is 3.48. The van der Waals surface area contributed by atoms with Crippen LogP contribution < -0.4 is 5.32 Å². The standard InChI is InChI=1S/C23H25N5O2/c1-5-19-24-17-11-6-7-12-18(17)28(19)13-20(29)25-21-15(4)9-8-10-16(21)23-26-22(14(2)3)27-30-23/h6-12,14H,5,13H2,1-4H3,(H,25,29). The normalized spacial score (nSPS) is 11.4. The third-order valence-electron chi connectivity index (χ3n) is 5.08. The van der Waals surface area contributed by atoms with Crippen LogP contribution in [0.2, 0.25) is 0 Å². The number of amides is 1. The van der Waals surface area contributed by atoms with Gasteiger partial charge in [-0.15, -0.1) is 0 Å². The molecule has 4 aromatic rings. The summed E-state index contributed by atoms with van der Waals surface area (Å²) < 4.78 is 7.43. The van der Waals surface area contributed by atoms with E-state index in [1.807, 2.05) is 74.7 Å². The lowest BCUT2D eigenvalue weighted by Gasteiger charge is -2.13. The first kappa shape index (κ1) is 19.8. The average Bonchev–Trinajstić information content (AvgIpc) is 3.35. The highest BCUT2D eigenvalue weighted by Gasteiger charge is 2.19. The lowest BCUT2D eigenvalue weighted by Crippen LogP contribution is -2.21. The summed E-state index contributed by atoms with van der Waals surface area (Å²) in [6.07, 6.45) is 0.748. The van der Waals surface area contributed by atoms with Crippen LogP contribution in [0.5, 0.6) is 0 Å². The Morgan fingerprint density at radius 3 is 2.67 bits per heavy atom. The Labute approximate surface area is 175 Å². The molecule has 0 aliphatic rings. The van der Waals surface area contributed by atoms with E-state index in [1.165, 1.54) is 0 Å². The second kappa shape index (κ2) is 8.10. The topological polar surface area (TPSA) is 85.8 Å². The summed E-state index contributed by atoms with van der Waals surface area (Å²) in [5.74, 6) is 1.95. The van der Waals surface area contributed by atoms with Crippen LogP contribution in [0, 0.1) is 6.92 Å². The third-order valence-corrected chi connectivity index (χ3v) is 5.08. The number of hydrogen-bond donors (Lipinski definition) is 1. The number of carbonyl (C=O) groups excluding carboxylic acids is 1. The second-order valence-electron chi connectivity index (χ2n) is 7.61. The number of nitrogens with zero attached hydrogens (tertiary/aromatic N) is 4. The van der Waals surface area contributed by atoms with Crippen LogP contribution in [-0.2, 0) is 17.8 Å². The van der Waals surface area contributed by atoms with Crippen molar-refractivity contribution in [1.29, 1.82) is 0 Å². The quantitative estimate of drug-likeness (QED) is 0.503. The molecule has 0 saturated carbocycles. The van der Waals surface area contributed by atoms with Gasteiger partial charge in [0, 0.05) is 12.3 Å². The molecular weight excluding hydrogens is 378 g/mol. The number of rotatable bonds is 6. The number of carbonyl (C=O) groups is 1. The van der Waals surface area contributed by atoms with Crippen molar-refractivity contribution < 1.29 is 9.32 Å². The van der Waals surface area contributed by atoms with E-state index < -0.39 is 0 Å². The number of fused-ring (bicyclic) bond motifs is 1. The molecule has 7 heteroatoms. The second-order valence-corrected chi connectivity index (χ2v) is 7.61. The minimum absolute atomic E-state index is 0.132. The van der Waals surface area contributed by atoms with Gasteiger partial charge in [0.2, 0.25) is 5.91 Å². The van der Waals surface area contributed by atoms with Gasteiger partial charge in [0.25, 0.3) is 5.89 Å². The summed E-state index contributed by atoms with van der Waals surface area (Å²) in [6, 6.07) is 13.6. The molecule has 0 spiro atoms. The lowest BCUT2D eigenvalue weighted by atomic mass is 10.1. The summed E-state index contributed by atoms with van der Waals surface area (Å²) in [5.41, 5.74) is 4.17. The summed E-state index contributed by atoms with van der Waals surface area (Å²) >= 11 is 0. The van der Waals surface area contributed by atoms with Crippen molar-refractivity contribution >= 4 is 22.6 Å². The van der Waals surface area contributed by atoms with Crippen molar-refractivity contribution in [3.8, 4) is 11.5 Å². The van der Waals surface area contributed by atoms with E-state index in [4.69, 9.17) is 4.52 Å². The van der Waals surface area contributed by atoms with E-state index in [1.54, 1.807) is 0 Å². The zero-order valence-corrected chi connectivity index (χ0v) is 17.6. The molecule has 2 heterocycles. The van der Waals surface area contributed by atoms with Gasteiger partial charge in [-0.1, -0.05) is 50.2 Å². The molecule has 30 heavy (non-hydrogen) atoms. The van der Waals surface area contributed by atoms with Crippen LogP contribution in [0.1, 0.15) is 43.9 Å². The molecule has 0 saturated heterocycles. The monoisotopic (exact) mass is 403 g/mol. The van der Waals surface area contributed by atoms with E-state index in [-0.39, 0.29) is 18.4 Å². The van der Waals surface area contributed by atoms with Crippen LogP contribution in [0.4, 0.5) is 5.69 Å². The molecule has 7 nitrogen and oxygen atoms in total. The lowest BCUT2D eigenvalue weighted by molar-refractivity contribution is -0.116. The predicted octanol–water partition coefficient (Wildman–Crippen LogP) is 4.72. The molecule has 154 valence electrons. The van der Waals surface area contributed by atoms with Crippen LogP contribution in [0.25, 0.3) is 22.5 Å². The van der Waals surface area contributed by atoms with Crippen molar-refractivity contribution in [1.82, 2.24) is 19.7 Å². The number of anilines is 1. The number of nitrogens with one attached hydrogen (secondary N) is 1. The zero-order chi connectivity index (χ0) is 21.3. The Hall–Kier alpha value is -3.48. The number of para-hydroxylation sites is 3. The van der Waals surface area contributed by atoms with Crippen molar-refractivity contribution in [2.45, 2.75) is 46.6 Å². The summed E-state index contributed by atoms with van der Waals surface area (Å²) in [6.45, 7) is 8.18. The Kier molecular flexibility index (Phi) is 5.35. The van der Waals surface area contributed by atoms with E-state index in [2.05, 4.69) is 20.4 Å². The fourth-order valence-electron chi connectivity index (χ4n) is 3.48. The van der Waals surface area contributed by atoms with Crippen molar-refractivity contribution in [3.05, 3.63) is 59.7 Å². The van der Waals surface area contributed by atoms with E-state index in [0.29, 0.717) is 23.0 Å². The Bertz CT molecular complexity index is 1210. The highest BCUT2D eigenvalue weighted by atomic mass is 16.5. The van der Waals surface area contributed by atoms with E-state index >= 15 is 0 Å². The van der Waals surface area contributed by atoms with Crippen LogP contribution >= 0.6 is 0 Å². The SMILES string of the molecule is CCc1nc2ccccc2n1CC(=O)Nc1c(C)cccc1-c1nc(C(C)C)no1. The number of aryl methyl sites for hydroxylation is 2. The predicted molar refractivity (Wildman–Crippen MR) is 116 cm³/mol. The van der Waals surface area contributed by atoms with Gasteiger partial charge in [-0.2, -0.15) is 4.98 Å². The molecule has 2 aromatic carbocycles. The maximum atomic E-state index is 13.0. The zero-order valence-electron chi connectivity index (χ0n) is 17.6. The van der Waals surface area contributed by atoms with Crippen molar-refractivity contribution in [2.75, 3.05) is 5.32 Å². The van der Waals surface area contributed by atoms with E-state index in [0.717, 1.165) is 28.8 Å². The molecule has 1 N–H and O–H groups in total. The molecule has 0 radical (unpaired) electrons. The van der Waals surface area contributed by atoms with Crippen LogP contribution in [-0.4, -0.2) is 25.6 Å². The summed E-state index contributed by atoms with van der Waals surface area (Å²) in [4.78, 5) is 22.1. The molecule has 0 fully saturated rings. The van der Waals surface area contributed by atoms with Gasteiger partial charge in [-0.25, -0.2) is 4.98 Å². The summed E-state index contributed by atoms with van der Waals surface area (Å²) in [5, 5.41) is 7.10. The average molecular weight is 403 g/mol.